The maximum Gasteiger partial charge on any atom is 0.228 e. The summed E-state index contributed by atoms with van der Waals surface area (Å²) in [5.41, 5.74) is 0. The third-order valence-corrected chi connectivity index (χ3v) is 4.02. The zero-order valence-electron chi connectivity index (χ0n) is 9.41. The molecule has 0 spiro atoms. The Morgan fingerprint density at radius 1 is 1.44 bits per heavy atom. The van der Waals surface area contributed by atoms with Crippen LogP contribution in [0.5, 0.6) is 0 Å². The van der Waals surface area contributed by atoms with Crippen molar-refractivity contribution in [2.75, 3.05) is 6.54 Å². The fraction of sp³-hybridized carbons (Fsp3) is 0.727. The minimum absolute atomic E-state index is 0.112. The molecule has 3 atom stereocenters. The Bertz CT molecular complexity index is 389. The average molecular weight is 220 g/mol. The maximum absolute atomic E-state index is 12.2. The summed E-state index contributed by atoms with van der Waals surface area (Å²) in [6, 6.07) is 0.481. The van der Waals surface area contributed by atoms with Crippen molar-refractivity contribution in [3.63, 3.8) is 0 Å². The van der Waals surface area contributed by atoms with Gasteiger partial charge in [0.15, 0.2) is 0 Å². The zero-order chi connectivity index (χ0) is 11.1. The lowest BCUT2D eigenvalue weighted by atomic mass is 9.90. The average Bonchev–Trinajstić information content (AvgIpc) is 2.97. The van der Waals surface area contributed by atoms with E-state index in [2.05, 4.69) is 22.0 Å². The van der Waals surface area contributed by atoms with Crippen LogP contribution in [0.25, 0.3) is 0 Å². The van der Waals surface area contributed by atoms with Gasteiger partial charge in [0.05, 0.1) is 5.92 Å². The topological polar surface area (TPSA) is 51.0 Å². The predicted molar refractivity (Wildman–Crippen MR) is 57.4 cm³/mol. The normalized spacial score (nSPS) is 33.4. The van der Waals surface area contributed by atoms with Crippen molar-refractivity contribution < 1.29 is 4.79 Å². The van der Waals surface area contributed by atoms with Crippen molar-refractivity contribution >= 4 is 5.91 Å². The number of hydrogen-bond acceptors (Lipinski definition) is 3. The summed E-state index contributed by atoms with van der Waals surface area (Å²) in [6.07, 6.45) is 5.71. The van der Waals surface area contributed by atoms with E-state index in [0.717, 1.165) is 13.1 Å². The number of carbonyl (C=O) groups excluding carboxylic acids is 1. The summed E-state index contributed by atoms with van der Waals surface area (Å²) >= 11 is 0. The van der Waals surface area contributed by atoms with Crippen LogP contribution in [0.1, 0.15) is 19.8 Å². The van der Waals surface area contributed by atoms with Gasteiger partial charge in [-0.05, 0) is 18.8 Å². The van der Waals surface area contributed by atoms with Crippen LogP contribution >= 0.6 is 0 Å². The third kappa shape index (κ3) is 1.34. The van der Waals surface area contributed by atoms with E-state index in [1.165, 1.54) is 12.8 Å². The molecular weight excluding hydrogens is 204 g/mol. The molecule has 1 amide bonds. The van der Waals surface area contributed by atoms with Crippen LogP contribution in [0.4, 0.5) is 0 Å². The Morgan fingerprint density at radius 2 is 2.19 bits per heavy atom. The monoisotopic (exact) mass is 220 g/mol. The molecule has 0 saturated carbocycles. The van der Waals surface area contributed by atoms with Gasteiger partial charge in [-0.2, -0.15) is 0 Å². The molecule has 0 bridgehead atoms. The SMILES string of the molecule is CC1C(Cn2cnnc2)C(=O)N2CCCC12. The van der Waals surface area contributed by atoms with Crippen molar-refractivity contribution in [1.29, 1.82) is 0 Å². The number of hydrogen-bond donors (Lipinski definition) is 0. The Hall–Kier alpha value is -1.39. The summed E-state index contributed by atoms with van der Waals surface area (Å²) in [6.45, 7) is 3.87. The van der Waals surface area contributed by atoms with Crippen LogP contribution in [0.2, 0.25) is 0 Å². The molecule has 0 aliphatic carbocycles. The van der Waals surface area contributed by atoms with Gasteiger partial charge in [0.2, 0.25) is 5.91 Å². The van der Waals surface area contributed by atoms with Gasteiger partial charge in [-0.1, -0.05) is 6.92 Å². The summed E-state index contributed by atoms with van der Waals surface area (Å²) < 4.78 is 1.90. The number of nitrogens with zero attached hydrogens (tertiary/aromatic N) is 4. The zero-order valence-corrected chi connectivity index (χ0v) is 9.41. The van der Waals surface area contributed by atoms with E-state index in [4.69, 9.17) is 0 Å². The fourth-order valence-electron chi connectivity index (χ4n) is 3.11. The lowest BCUT2D eigenvalue weighted by Gasteiger charge is -2.17. The highest BCUT2D eigenvalue weighted by atomic mass is 16.2. The minimum Gasteiger partial charge on any atom is -0.339 e. The second kappa shape index (κ2) is 3.57. The smallest absolute Gasteiger partial charge is 0.228 e. The lowest BCUT2D eigenvalue weighted by molar-refractivity contribution is -0.131. The Morgan fingerprint density at radius 3 is 2.88 bits per heavy atom. The maximum atomic E-state index is 12.2. The molecule has 0 radical (unpaired) electrons. The Labute approximate surface area is 94.5 Å². The van der Waals surface area contributed by atoms with Crippen LogP contribution in [0.3, 0.4) is 0 Å². The third-order valence-electron chi connectivity index (χ3n) is 4.02. The van der Waals surface area contributed by atoms with Crippen molar-refractivity contribution in [3.05, 3.63) is 12.7 Å². The molecular formula is C11H16N4O. The van der Waals surface area contributed by atoms with Crippen LogP contribution in [0, 0.1) is 11.8 Å². The molecule has 1 aromatic heterocycles. The van der Waals surface area contributed by atoms with Crippen molar-refractivity contribution in [2.24, 2.45) is 11.8 Å². The minimum atomic E-state index is 0.112. The second-order valence-electron chi connectivity index (χ2n) is 4.87. The van der Waals surface area contributed by atoms with Gasteiger partial charge in [-0.3, -0.25) is 4.79 Å². The molecule has 16 heavy (non-hydrogen) atoms. The molecule has 5 heteroatoms. The van der Waals surface area contributed by atoms with E-state index in [9.17, 15) is 4.79 Å². The van der Waals surface area contributed by atoms with Crippen LogP contribution in [-0.2, 0) is 11.3 Å². The summed E-state index contributed by atoms with van der Waals surface area (Å²) in [5, 5.41) is 7.55. The molecule has 86 valence electrons. The Balaban J connectivity index is 1.79. The van der Waals surface area contributed by atoms with Crippen LogP contribution in [-0.4, -0.2) is 38.2 Å². The van der Waals surface area contributed by atoms with Gasteiger partial charge >= 0.3 is 0 Å². The summed E-state index contributed by atoms with van der Waals surface area (Å²) in [7, 11) is 0. The quantitative estimate of drug-likeness (QED) is 0.730. The first-order chi connectivity index (χ1) is 7.77. The standard InChI is InChI=1S/C11H16N4O/c1-8-9(5-14-6-12-13-7-14)11(16)15-4-2-3-10(8)15/h6-10H,2-5H2,1H3. The molecule has 2 saturated heterocycles. The first-order valence-electron chi connectivity index (χ1n) is 5.90. The summed E-state index contributed by atoms with van der Waals surface area (Å²) in [4.78, 5) is 14.3. The molecule has 2 fully saturated rings. The van der Waals surface area contributed by atoms with Crippen molar-refractivity contribution in [3.8, 4) is 0 Å². The molecule has 3 unspecified atom stereocenters. The number of fused-ring (bicyclic) bond motifs is 1. The highest BCUT2D eigenvalue weighted by Gasteiger charge is 2.47. The van der Waals surface area contributed by atoms with Gasteiger partial charge < -0.3 is 9.47 Å². The van der Waals surface area contributed by atoms with E-state index in [1.807, 2.05) is 4.57 Å². The summed E-state index contributed by atoms with van der Waals surface area (Å²) in [5.74, 6) is 0.891. The van der Waals surface area contributed by atoms with Crippen molar-refractivity contribution in [1.82, 2.24) is 19.7 Å². The molecule has 3 heterocycles. The molecule has 0 aromatic carbocycles. The highest BCUT2D eigenvalue weighted by molar-refractivity contribution is 5.82. The van der Waals surface area contributed by atoms with Gasteiger partial charge in [-0.15, -0.1) is 10.2 Å². The molecule has 0 N–H and O–H groups in total. The van der Waals surface area contributed by atoms with E-state index >= 15 is 0 Å². The number of rotatable bonds is 2. The van der Waals surface area contributed by atoms with Gasteiger partial charge in [0.25, 0.3) is 0 Å². The number of amides is 1. The van der Waals surface area contributed by atoms with E-state index < -0.39 is 0 Å². The molecule has 3 rings (SSSR count). The predicted octanol–water partition coefficient (Wildman–Crippen LogP) is 0.535. The van der Waals surface area contributed by atoms with Gasteiger partial charge in [0.1, 0.15) is 12.7 Å². The number of carbonyl (C=O) groups is 1. The molecule has 2 aliphatic heterocycles. The van der Waals surface area contributed by atoms with Crippen LogP contribution < -0.4 is 0 Å². The number of aromatic nitrogens is 3. The van der Waals surface area contributed by atoms with Crippen molar-refractivity contribution in [2.45, 2.75) is 32.4 Å². The van der Waals surface area contributed by atoms with Crippen LogP contribution in [0.15, 0.2) is 12.7 Å². The highest BCUT2D eigenvalue weighted by Crippen LogP contribution is 2.38. The van der Waals surface area contributed by atoms with E-state index in [1.54, 1.807) is 12.7 Å². The fourth-order valence-corrected chi connectivity index (χ4v) is 3.11. The first kappa shape index (κ1) is 9.81. The van der Waals surface area contributed by atoms with Gasteiger partial charge in [-0.25, -0.2) is 0 Å². The molecule has 1 aromatic rings. The van der Waals surface area contributed by atoms with E-state index in [-0.39, 0.29) is 5.92 Å². The Kier molecular flexibility index (Phi) is 2.19. The molecule has 2 aliphatic rings. The second-order valence-corrected chi connectivity index (χ2v) is 4.87. The molecule has 5 nitrogen and oxygen atoms in total. The lowest BCUT2D eigenvalue weighted by Crippen LogP contribution is -2.29. The van der Waals surface area contributed by atoms with Gasteiger partial charge in [0, 0.05) is 19.1 Å². The van der Waals surface area contributed by atoms with E-state index in [0.29, 0.717) is 17.9 Å². The largest absolute Gasteiger partial charge is 0.339 e. The first-order valence-corrected chi connectivity index (χ1v) is 5.90.